The maximum Gasteiger partial charge on any atom is 0.160 e. The summed E-state index contributed by atoms with van der Waals surface area (Å²) < 4.78 is 0. The van der Waals surface area contributed by atoms with E-state index in [1.54, 1.807) is 0 Å². The van der Waals surface area contributed by atoms with Crippen molar-refractivity contribution < 1.29 is 5.11 Å². The van der Waals surface area contributed by atoms with E-state index in [1.165, 1.54) is 52.2 Å². The van der Waals surface area contributed by atoms with Crippen molar-refractivity contribution >= 4 is 14.6 Å². The van der Waals surface area contributed by atoms with Gasteiger partial charge in [-0.2, -0.15) is 0 Å². The Kier molecular flexibility index (Phi) is 4.28. The monoisotopic (exact) mass is 234 g/mol. The molecule has 1 N–H and O–H groups in total. The minimum absolute atomic E-state index is 0.277. The Morgan fingerprint density at radius 2 is 1.82 bits per heavy atom. The second kappa shape index (κ2) is 5.38. The molecular weight excluding hydrogens is 206 g/mol. The number of hydrogen-bond donors (Lipinski definition) is 1. The molecule has 0 saturated carbocycles. The highest BCUT2D eigenvalue weighted by Gasteiger charge is 2.48. The van der Waals surface area contributed by atoms with E-state index < -0.39 is 0 Å². The average molecular weight is 234 g/mol. The van der Waals surface area contributed by atoms with Gasteiger partial charge in [0.15, 0.2) is 7.28 Å². The van der Waals surface area contributed by atoms with Crippen LogP contribution in [0.1, 0.15) is 71.6 Å². The summed E-state index contributed by atoms with van der Waals surface area (Å²) in [5.41, 5.74) is -0.277. The predicted molar refractivity (Wildman–Crippen MR) is 78.6 cm³/mol. The van der Waals surface area contributed by atoms with Crippen LogP contribution < -0.4 is 0 Å². The van der Waals surface area contributed by atoms with Crippen molar-refractivity contribution in [1.29, 1.82) is 0 Å². The van der Waals surface area contributed by atoms with Gasteiger partial charge in [0.1, 0.15) is 7.28 Å². The molecule has 2 fully saturated rings. The topological polar surface area (TPSA) is 20.2 Å². The van der Waals surface area contributed by atoms with E-state index in [2.05, 4.69) is 13.8 Å². The maximum absolute atomic E-state index is 10.6. The van der Waals surface area contributed by atoms with Crippen LogP contribution in [0.25, 0.3) is 0 Å². The third-order valence-electron chi connectivity index (χ3n) is 5.40. The summed E-state index contributed by atoms with van der Waals surface area (Å²) >= 11 is 0. The van der Waals surface area contributed by atoms with E-state index in [0.717, 1.165) is 25.9 Å². The van der Waals surface area contributed by atoms with Crippen LogP contribution in [0.3, 0.4) is 0 Å². The van der Waals surface area contributed by atoms with Gasteiger partial charge >= 0.3 is 0 Å². The maximum atomic E-state index is 10.6. The van der Waals surface area contributed by atoms with Crippen LogP contribution in [0.5, 0.6) is 0 Å². The number of rotatable bonds is 5. The minimum Gasteiger partial charge on any atom is -0.399 e. The Morgan fingerprint density at radius 1 is 1.18 bits per heavy atom. The van der Waals surface area contributed by atoms with E-state index in [1.807, 2.05) is 0 Å². The lowest BCUT2D eigenvalue weighted by atomic mass is 9.20. The van der Waals surface area contributed by atoms with Gasteiger partial charge < -0.3 is 5.11 Å². The second-order valence-corrected chi connectivity index (χ2v) is 6.88. The summed E-state index contributed by atoms with van der Waals surface area (Å²) in [6, 6.07) is 0. The van der Waals surface area contributed by atoms with Crippen molar-refractivity contribution in [2.75, 3.05) is 0 Å². The number of fused-ring (bicyclic) bond motifs is 2. The molecule has 0 spiro atoms. The Hall–Kier alpha value is 0.0899. The fourth-order valence-electron chi connectivity index (χ4n) is 4.63. The highest BCUT2D eigenvalue weighted by molar-refractivity contribution is 6.65. The van der Waals surface area contributed by atoms with Gasteiger partial charge in [-0.25, -0.2) is 0 Å². The van der Waals surface area contributed by atoms with Crippen molar-refractivity contribution in [3.05, 3.63) is 0 Å². The summed E-state index contributed by atoms with van der Waals surface area (Å²) in [4.78, 5) is 0. The van der Waals surface area contributed by atoms with Crippen LogP contribution >= 0.6 is 0 Å². The fraction of sp³-hybridized carbons (Fsp3) is 1.00. The van der Waals surface area contributed by atoms with E-state index in [9.17, 15) is 5.11 Å². The predicted octanol–water partition coefficient (Wildman–Crippen LogP) is 3.03. The fourth-order valence-corrected chi connectivity index (χ4v) is 4.63. The van der Waals surface area contributed by atoms with Gasteiger partial charge in [-0.1, -0.05) is 69.8 Å². The Balaban J connectivity index is 2.01. The zero-order valence-corrected chi connectivity index (χ0v) is 11.8. The van der Waals surface area contributed by atoms with Gasteiger partial charge in [0.2, 0.25) is 0 Å². The quantitative estimate of drug-likeness (QED) is 0.724. The molecule has 2 aliphatic rings. The molecule has 0 radical (unpaired) electrons. The van der Waals surface area contributed by atoms with Crippen LogP contribution in [0, 0.1) is 0 Å². The van der Waals surface area contributed by atoms with Crippen molar-refractivity contribution in [3.63, 3.8) is 0 Å². The molecule has 0 aromatic rings. The summed E-state index contributed by atoms with van der Waals surface area (Å²) in [7, 11) is 2.50. The van der Waals surface area contributed by atoms with Gasteiger partial charge in [-0.05, 0) is 12.8 Å². The zero-order chi connectivity index (χ0) is 12.4. The molecule has 1 atom stereocenters. The summed E-state index contributed by atoms with van der Waals surface area (Å²) in [5, 5.41) is 11.1. The van der Waals surface area contributed by atoms with Gasteiger partial charge in [-0.15, -0.1) is 0 Å². The molecule has 1 unspecified atom stereocenters. The third kappa shape index (κ3) is 3.10. The van der Waals surface area contributed by atoms with Crippen molar-refractivity contribution in [2.45, 2.75) is 88.2 Å². The Bertz CT molecular complexity index is 245. The Labute approximate surface area is 108 Å². The van der Waals surface area contributed by atoms with Crippen LogP contribution in [0.2, 0.25) is 11.0 Å². The first-order valence-corrected chi connectivity index (χ1v) is 7.84. The van der Waals surface area contributed by atoms with Gasteiger partial charge in [-0.3, -0.25) is 0 Å². The first-order valence-electron chi connectivity index (χ1n) is 7.84. The first-order chi connectivity index (χ1) is 8.11. The molecule has 2 heterocycles. The average Bonchev–Trinajstić information content (AvgIpc) is 2.27. The third-order valence-corrected chi connectivity index (χ3v) is 5.40. The first kappa shape index (κ1) is 13.5. The lowest BCUT2D eigenvalue weighted by Crippen LogP contribution is -2.52. The van der Waals surface area contributed by atoms with Crippen LogP contribution in [-0.4, -0.2) is 25.2 Å². The van der Waals surface area contributed by atoms with E-state index >= 15 is 0 Å². The molecule has 0 amide bonds. The molecule has 0 aliphatic carbocycles. The lowest BCUT2D eigenvalue weighted by molar-refractivity contribution is 0.0724. The molecule has 96 valence electrons. The van der Waals surface area contributed by atoms with Gasteiger partial charge in [0.25, 0.3) is 0 Å². The molecule has 0 aromatic heterocycles. The van der Waals surface area contributed by atoms with E-state index in [0.29, 0.717) is 5.21 Å². The highest BCUT2D eigenvalue weighted by atomic mass is 16.3. The zero-order valence-electron chi connectivity index (χ0n) is 11.8. The molecule has 3 heteroatoms. The van der Waals surface area contributed by atoms with Crippen molar-refractivity contribution in [3.8, 4) is 0 Å². The standard InChI is InChI=1S/C14H28B2O/c1-3-7-12(4-2)15-13-8-5-10-14(17,16-13)11-6-9-13/h12,15-17H,3-11H2,1-2H3. The Morgan fingerprint density at radius 3 is 2.35 bits per heavy atom. The lowest BCUT2D eigenvalue weighted by Gasteiger charge is -2.50. The van der Waals surface area contributed by atoms with E-state index in [4.69, 9.17) is 0 Å². The van der Waals surface area contributed by atoms with Crippen LogP contribution in [0.4, 0.5) is 0 Å². The smallest absolute Gasteiger partial charge is 0.160 e. The molecule has 2 saturated heterocycles. The van der Waals surface area contributed by atoms with Crippen LogP contribution in [0.15, 0.2) is 0 Å². The molecule has 2 bridgehead atoms. The second-order valence-electron chi connectivity index (χ2n) is 6.88. The summed E-state index contributed by atoms with van der Waals surface area (Å²) in [6.45, 7) is 4.65. The molecule has 2 aliphatic heterocycles. The SMILES string of the molecule is CCCC(BC12BC(O)(CCC1)CCC2)CC. The molecule has 1 nitrogen and oxygen atoms in total. The molecule has 2 rings (SSSR count). The minimum atomic E-state index is -0.277. The molecule has 0 aromatic carbocycles. The van der Waals surface area contributed by atoms with Gasteiger partial charge in [0.05, 0.1) is 0 Å². The highest BCUT2D eigenvalue weighted by Crippen LogP contribution is 2.51. The van der Waals surface area contributed by atoms with E-state index in [-0.39, 0.29) is 5.50 Å². The molecule has 17 heavy (non-hydrogen) atoms. The number of aliphatic hydroxyl groups is 1. The van der Waals surface area contributed by atoms with Gasteiger partial charge in [0, 0.05) is 5.50 Å². The molecular formula is C14H28B2O. The number of hydrogen-bond acceptors (Lipinski definition) is 1. The van der Waals surface area contributed by atoms with Crippen LogP contribution in [-0.2, 0) is 0 Å². The summed E-state index contributed by atoms with van der Waals surface area (Å²) in [5.74, 6) is 0.903. The largest absolute Gasteiger partial charge is 0.399 e. The van der Waals surface area contributed by atoms with Crippen molar-refractivity contribution in [2.24, 2.45) is 0 Å². The summed E-state index contributed by atoms with van der Waals surface area (Å²) in [6.07, 6.45) is 11.5. The normalized spacial score (nSPS) is 38.3. The van der Waals surface area contributed by atoms with Crippen molar-refractivity contribution in [1.82, 2.24) is 0 Å².